The van der Waals surface area contributed by atoms with Gasteiger partial charge >= 0.3 is 0 Å². The van der Waals surface area contributed by atoms with Crippen LogP contribution in [0.15, 0.2) is 48.5 Å². The summed E-state index contributed by atoms with van der Waals surface area (Å²) in [7, 11) is 0. The highest BCUT2D eigenvalue weighted by molar-refractivity contribution is 7.14. The highest BCUT2D eigenvalue weighted by Crippen LogP contribution is 2.34. The normalized spacial score (nSPS) is 12.3. The van der Waals surface area contributed by atoms with Crippen molar-refractivity contribution in [2.45, 2.75) is 6.04 Å². The molecule has 0 saturated carbocycles. The van der Waals surface area contributed by atoms with Crippen LogP contribution < -0.4 is 5.73 Å². The van der Waals surface area contributed by atoms with E-state index in [1.54, 1.807) is 12.1 Å². The van der Waals surface area contributed by atoms with Gasteiger partial charge in [0.05, 0.1) is 16.6 Å². The molecule has 0 radical (unpaired) electrons. The van der Waals surface area contributed by atoms with E-state index >= 15 is 0 Å². The maximum Gasteiger partial charge on any atom is 0.152 e. The number of nitrogens with zero attached hydrogens (tertiary/aromatic N) is 2. The molecule has 0 spiro atoms. The molecule has 0 aliphatic carbocycles. The van der Waals surface area contributed by atoms with Gasteiger partial charge in [-0.25, -0.2) is 4.39 Å². The molecule has 1 heterocycles. The summed E-state index contributed by atoms with van der Waals surface area (Å²) in [5, 5.41) is 9.45. The fourth-order valence-corrected chi connectivity index (χ4v) is 3.21. The van der Waals surface area contributed by atoms with Crippen molar-refractivity contribution in [3.8, 4) is 10.6 Å². The molecule has 0 amide bonds. The molecule has 3 rings (SSSR count). The molecule has 0 saturated heterocycles. The van der Waals surface area contributed by atoms with E-state index in [0.29, 0.717) is 15.0 Å². The predicted molar refractivity (Wildman–Crippen MR) is 82.8 cm³/mol. The van der Waals surface area contributed by atoms with Crippen molar-refractivity contribution in [2.24, 2.45) is 5.73 Å². The maximum atomic E-state index is 13.9. The van der Waals surface area contributed by atoms with Gasteiger partial charge < -0.3 is 5.73 Å². The number of hydrogen-bond donors (Lipinski definition) is 1. The second-order valence-electron chi connectivity index (χ2n) is 4.43. The van der Waals surface area contributed by atoms with Crippen LogP contribution in [0.25, 0.3) is 10.6 Å². The quantitative estimate of drug-likeness (QED) is 0.792. The molecule has 1 unspecified atom stereocenters. The Morgan fingerprint density at radius 2 is 1.81 bits per heavy atom. The summed E-state index contributed by atoms with van der Waals surface area (Å²) in [5.74, 6) is -0.418. The smallest absolute Gasteiger partial charge is 0.152 e. The Morgan fingerprint density at radius 1 is 1.05 bits per heavy atom. The SMILES string of the molecule is NC(c1ccccc1)c1nnc(-c2c(F)cccc2Cl)s1. The van der Waals surface area contributed by atoms with Crippen molar-refractivity contribution >= 4 is 22.9 Å². The average molecular weight is 320 g/mol. The van der Waals surface area contributed by atoms with Gasteiger partial charge in [-0.3, -0.25) is 0 Å². The van der Waals surface area contributed by atoms with Gasteiger partial charge in [0.25, 0.3) is 0 Å². The third-order valence-electron chi connectivity index (χ3n) is 3.04. The largest absolute Gasteiger partial charge is 0.318 e. The van der Waals surface area contributed by atoms with Crippen LogP contribution in [0.3, 0.4) is 0 Å². The van der Waals surface area contributed by atoms with E-state index in [2.05, 4.69) is 10.2 Å². The van der Waals surface area contributed by atoms with Gasteiger partial charge in [0.2, 0.25) is 0 Å². The zero-order valence-corrected chi connectivity index (χ0v) is 12.4. The lowest BCUT2D eigenvalue weighted by atomic mass is 10.1. The summed E-state index contributed by atoms with van der Waals surface area (Å²) in [6.45, 7) is 0. The van der Waals surface area contributed by atoms with Gasteiger partial charge in [-0.15, -0.1) is 10.2 Å². The molecule has 2 N–H and O–H groups in total. The van der Waals surface area contributed by atoms with E-state index in [9.17, 15) is 4.39 Å². The second kappa shape index (κ2) is 5.89. The van der Waals surface area contributed by atoms with Crippen molar-refractivity contribution < 1.29 is 4.39 Å². The first-order valence-corrected chi connectivity index (χ1v) is 7.44. The van der Waals surface area contributed by atoms with Crippen molar-refractivity contribution in [3.63, 3.8) is 0 Å². The lowest BCUT2D eigenvalue weighted by Crippen LogP contribution is -2.11. The first-order valence-electron chi connectivity index (χ1n) is 6.25. The summed E-state index contributed by atoms with van der Waals surface area (Å²) in [6, 6.07) is 13.7. The van der Waals surface area contributed by atoms with Crippen LogP contribution >= 0.6 is 22.9 Å². The van der Waals surface area contributed by atoms with Gasteiger partial charge in [-0.2, -0.15) is 0 Å². The summed E-state index contributed by atoms with van der Waals surface area (Å²) in [6.07, 6.45) is 0. The third-order valence-corrected chi connectivity index (χ3v) is 4.38. The Bertz CT molecular complexity index is 740. The van der Waals surface area contributed by atoms with Crippen LogP contribution in [0.4, 0.5) is 4.39 Å². The van der Waals surface area contributed by atoms with Crippen LogP contribution in [0.5, 0.6) is 0 Å². The van der Waals surface area contributed by atoms with Crippen LogP contribution in [-0.2, 0) is 0 Å². The van der Waals surface area contributed by atoms with Crippen molar-refractivity contribution in [1.82, 2.24) is 10.2 Å². The molecule has 21 heavy (non-hydrogen) atoms. The van der Waals surface area contributed by atoms with E-state index in [0.717, 1.165) is 5.56 Å². The standard InChI is InChI=1S/C15H11ClFN3S/c16-10-7-4-8-11(17)12(10)14-19-20-15(21-14)13(18)9-5-2-1-3-6-9/h1-8,13H,18H2. The maximum absolute atomic E-state index is 13.9. The molecule has 0 aliphatic rings. The van der Waals surface area contributed by atoms with E-state index in [1.807, 2.05) is 30.3 Å². The van der Waals surface area contributed by atoms with E-state index in [4.69, 9.17) is 17.3 Å². The molecule has 2 aromatic carbocycles. The predicted octanol–water partition coefficient (Wildman–Crippen LogP) is 4.05. The van der Waals surface area contributed by atoms with E-state index in [1.165, 1.54) is 17.4 Å². The van der Waals surface area contributed by atoms with Crippen LogP contribution in [0.2, 0.25) is 5.02 Å². The topological polar surface area (TPSA) is 51.8 Å². The molecule has 1 atom stereocenters. The Kier molecular flexibility index (Phi) is 3.96. The zero-order valence-electron chi connectivity index (χ0n) is 10.8. The van der Waals surface area contributed by atoms with Gasteiger partial charge in [0, 0.05) is 0 Å². The molecular weight excluding hydrogens is 309 g/mol. The molecule has 1 aromatic heterocycles. The molecule has 0 fully saturated rings. The van der Waals surface area contributed by atoms with E-state index in [-0.39, 0.29) is 11.6 Å². The summed E-state index contributed by atoms with van der Waals surface area (Å²) in [5.41, 5.74) is 7.36. The van der Waals surface area contributed by atoms with Crippen molar-refractivity contribution in [3.05, 3.63) is 69.9 Å². The number of rotatable bonds is 3. The highest BCUT2D eigenvalue weighted by atomic mass is 35.5. The Balaban J connectivity index is 1.97. The molecular formula is C15H11ClFN3S. The van der Waals surface area contributed by atoms with Crippen LogP contribution in [-0.4, -0.2) is 10.2 Å². The molecule has 3 nitrogen and oxygen atoms in total. The minimum absolute atomic E-state index is 0.267. The highest BCUT2D eigenvalue weighted by Gasteiger charge is 2.18. The number of benzene rings is 2. The first-order chi connectivity index (χ1) is 10.2. The number of aromatic nitrogens is 2. The van der Waals surface area contributed by atoms with Crippen molar-refractivity contribution in [2.75, 3.05) is 0 Å². The zero-order chi connectivity index (χ0) is 14.8. The van der Waals surface area contributed by atoms with Gasteiger partial charge in [0.1, 0.15) is 10.8 Å². The Morgan fingerprint density at radius 3 is 2.52 bits per heavy atom. The molecule has 0 aliphatic heterocycles. The third kappa shape index (κ3) is 2.81. The summed E-state index contributed by atoms with van der Waals surface area (Å²) in [4.78, 5) is 0. The minimum atomic E-state index is -0.418. The lowest BCUT2D eigenvalue weighted by Gasteiger charge is -2.07. The lowest BCUT2D eigenvalue weighted by molar-refractivity contribution is 0.631. The minimum Gasteiger partial charge on any atom is -0.318 e. The molecule has 0 bridgehead atoms. The summed E-state index contributed by atoms with van der Waals surface area (Å²) < 4.78 is 13.9. The molecule has 106 valence electrons. The first kappa shape index (κ1) is 14.1. The van der Waals surface area contributed by atoms with Gasteiger partial charge in [-0.1, -0.05) is 59.3 Å². The van der Waals surface area contributed by atoms with Crippen LogP contribution in [0, 0.1) is 5.82 Å². The Hall–Kier alpha value is -1.82. The van der Waals surface area contributed by atoms with E-state index < -0.39 is 5.82 Å². The van der Waals surface area contributed by atoms with Gasteiger partial charge in [-0.05, 0) is 17.7 Å². The summed E-state index contributed by atoms with van der Waals surface area (Å²) >= 11 is 7.28. The fourth-order valence-electron chi connectivity index (χ4n) is 1.97. The average Bonchev–Trinajstić information content (AvgIpc) is 2.97. The van der Waals surface area contributed by atoms with Gasteiger partial charge in [0.15, 0.2) is 5.01 Å². The molecule has 3 aromatic rings. The van der Waals surface area contributed by atoms with Crippen molar-refractivity contribution in [1.29, 1.82) is 0 Å². The second-order valence-corrected chi connectivity index (χ2v) is 5.85. The number of halogens is 2. The fraction of sp³-hybridized carbons (Fsp3) is 0.0667. The monoisotopic (exact) mass is 319 g/mol. The molecule has 6 heteroatoms. The number of hydrogen-bond acceptors (Lipinski definition) is 4. The number of nitrogens with two attached hydrogens (primary N) is 1. The Labute approximate surface area is 130 Å². The van der Waals surface area contributed by atoms with Crippen LogP contribution in [0.1, 0.15) is 16.6 Å².